The van der Waals surface area contributed by atoms with Crippen molar-refractivity contribution in [3.63, 3.8) is 0 Å². The van der Waals surface area contributed by atoms with E-state index in [9.17, 15) is 5.26 Å². The van der Waals surface area contributed by atoms with Crippen LogP contribution in [0.5, 0.6) is 0 Å². The number of hydrogen-bond acceptors (Lipinski definition) is 7. The van der Waals surface area contributed by atoms with Crippen molar-refractivity contribution in [2.45, 2.75) is 52.6 Å². The third-order valence-corrected chi connectivity index (χ3v) is 3.87. The molecule has 120 valence electrons. The van der Waals surface area contributed by atoms with Crippen molar-refractivity contribution >= 4 is 11.4 Å². The lowest BCUT2D eigenvalue weighted by molar-refractivity contribution is 0.307. The van der Waals surface area contributed by atoms with Gasteiger partial charge in [-0.25, -0.2) is 0 Å². The van der Waals surface area contributed by atoms with Crippen molar-refractivity contribution in [3.05, 3.63) is 0 Å². The third kappa shape index (κ3) is 6.10. The lowest BCUT2D eigenvalue weighted by atomic mass is 9.97. The molecule has 0 radical (unpaired) electrons. The fraction of sp³-hybridized carbons (Fsp3) is 0.786. The Morgan fingerprint density at radius 3 is 1.57 bits per heavy atom. The molecule has 0 aliphatic rings. The smallest absolute Gasteiger partial charge is 0.0734 e. The first kappa shape index (κ1) is 19.4. The van der Waals surface area contributed by atoms with Crippen LogP contribution in [-0.2, 0) is 0 Å². The lowest BCUT2D eigenvalue weighted by Gasteiger charge is -2.29. The van der Waals surface area contributed by atoms with E-state index < -0.39 is 11.1 Å². The van der Waals surface area contributed by atoms with E-state index in [1.54, 1.807) is 13.8 Å². The number of oxime groups is 2. The molecule has 0 aliphatic carbocycles. The van der Waals surface area contributed by atoms with Crippen molar-refractivity contribution in [3.8, 4) is 6.07 Å². The van der Waals surface area contributed by atoms with Crippen LogP contribution >= 0.6 is 0 Å². The molecular weight excluding hydrogens is 270 g/mol. The minimum Gasteiger partial charge on any atom is -0.411 e. The molecule has 0 rings (SSSR count). The summed E-state index contributed by atoms with van der Waals surface area (Å²) in [5, 5.41) is 39.7. The maximum absolute atomic E-state index is 9.22. The summed E-state index contributed by atoms with van der Waals surface area (Å²) >= 11 is 0. The van der Waals surface area contributed by atoms with Crippen LogP contribution < -0.4 is 10.6 Å². The standard InChI is InChI=1S/C14H27N5O2/c1-10(18-20)13(3,4)16-8-12(7-15)9-17-14(5,6)11(2)19-21/h12,16-17,20-21H,8-9H2,1-6H3/b18-10+,19-11+. The largest absolute Gasteiger partial charge is 0.411 e. The minimum atomic E-state index is -0.484. The molecule has 0 saturated heterocycles. The van der Waals surface area contributed by atoms with Gasteiger partial charge in [0.2, 0.25) is 0 Å². The fourth-order valence-electron chi connectivity index (χ4n) is 1.43. The number of nitrogens with one attached hydrogen (secondary N) is 2. The van der Waals surface area contributed by atoms with Gasteiger partial charge in [0.25, 0.3) is 0 Å². The highest BCUT2D eigenvalue weighted by Crippen LogP contribution is 2.09. The average molecular weight is 297 g/mol. The molecule has 0 unspecified atom stereocenters. The van der Waals surface area contributed by atoms with Crippen LogP contribution in [0, 0.1) is 17.2 Å². The van der Waals surface area contributed by atoms with Gasteiger partial charge >= 0.3 is 0 Å². The molecule has 0 bridgehead atoms. The molecule has 0 atom stereocenters. The SMILES string of the molecule is C/C(=N\O)C(C)(C)NCC(C#N)CNC(C)(C)/C(C)=N/O. The molecule has 0 fully saturated rings. The topological polar surface area (TPSA) is 113 Å². The normalized spacial score (nSPS) is 15.7. The van der Waals surface area contributed by atoms with E-state index in [2.05, 4.69) is 27.0 Å². The van der Waals surface area contributed by atoms with Gasteiger partial charge in [-0.05, 0) is 41.5 Å². The second kappa shape index (κ2) is 7.96. The predicted octanol–water partition coefficient (Wildman–Crippen LogP) is 1.56. The van der Waals surface area contributed by atoms with Gasteiger partial charge in [0, 0.05) is 13.1 Å². The Hall–Kier alpha value is -1.65. The van der Waals surface area contributed by atoms with E-state index in [0.717, 1.165) is 0 Å². The number of nitrogens with zero attached hydrogens (tertiary/aromatic N) is 3. The highest BCUT2D eigenvalue weighted by molar-refractivity contribution is 5.90. The number of hydrogen-bond donors (Lipinski definition) is 4. The molecule has 0 aliphatic heterocycles. The summed E-state index contributed by atoms with van der Waals surface area (Å²) in [6.45, 7) is 11.9. The van der Waals surface area contributed by atoms with Gasteiger partial charge in [0.15, 0.2) is 0 Å². The molecule has 7 heteroatoms. The molecule has 0 aromatic carbocycles. The first-order valence-electron chi connectivity index (χ1n) is 6.88. The van der Waals surface area contributed by atoms with Gasteiger partial charge in [-0.3, -0.25) is 0 Å². The van der Waals surface area contributed by atoms with Gasteiger partial charge in [-0.2, -0.15) is 5.26 Å². The zero-order chi connectivity index (χ0) is 16.7. The highest BCUT2D eigenvalue weighted by atomic mass is 16.4. The number of nitriles is 1. The van der Waals surface area contributed by atoms with Crippen molar-refractivity contribution in [2.75, 3.05) is 13.1 Å². The quantitative estimate of drug-likeness (QED) is 0.308. The zero-order valence-corrected chi connectivity index (χ0v) is 13.7. The van der Waals surface area contributed by atoms with Gasteiger partial charge in [-0.15, -0.1) is 0 Å². The molecule has 0 heterocycles. The third-order valence-electron chi connectivity index (χ3n) is 3.87. The average Bonchev–Trinajstić information content (AvgIpc) is 2.45. The van der Waals surface area contributed by atoms with E-state index in [-0.39, 0.29) is 5.92 Å². The fourth-order valence-corrected chi connectivity index (χ4v) is 1.43. The van der Waals surface area contributed by atoms with Crippen LogP contribution in [0.2, 0.25) is 0 Å². The second-order valence-corrected chi connectivity index (χ2v) is 6.21. The Balaban J connectivity index is 4.55. The van der Waals surface area contributed by atoms with E-state index in [4.69, 9.17) is 10.4 Å². The Labute approximate surface area is 126 Å². The first-order valence-corrected chi connectivity index (χ1v) is 6.88. The van der Waals surface area contributed by atoms with Gasteiger partial charge in [-0.1, -0.05) is 10.3 Å². The summed E-state index contributed by atoms with van der Waals surface area (Å²) in [6, 6.07) is 2.23. The van der Waals surface area contributed by atoms with E-state index in [1.807, 2.05) is 27.7 Å². The van der Waals surface area contributed by atoms with Crippen LogP contribution in [0.1, 0.15) is 41.5 Å². The molecule has 0 saturated carbocycles. The summed E-state index contributed by atoms with van der Waals surface area (Å²) in [5.41, 5.74) is 0.135. The van der Waals surface area contributed by atoms with Crippen molar-refractivity contribution in [1.29, 1.82) is 5.26 Å². The van der Waals surface area contributed by atoms with Crippen molar-refractivity contribution in [1.82, 2.24) is 10.6 Å². The molecule has 0 spiro atoms. The lowest BCUT2D eigenvalue weighted by Crippen LogP contribution is -2.51. The minimum absolute atomic E-state index is 0.262. The molecular formula is C14H27N5O2. The Morgan fingerprint density at radius 1 is 1.00 bits per heavy atom. The van der Waals surface area contributed by atoms with Crippen LogP contribution in [0.4, 0.5) is 0 Å². The second-order valence-electron chi connectivity index (χ2n) is 6.21. The Kier molecular flexibility index (Phi) is 7.33. The Morgan fingerprint density at radius 2 is 1.33 bits per heavy atom. The first-order chi connectivity index (χ1) is 9.60. The maximum atomic E-state index is 9.22. The molecule has 7 nitrogen and oxygen atoms in total. The van der Waals surface area contributed by atoms with E-state index >= 15 is 0 Å². The van der Waals surface area contributed by atoms with Crippen molar-refractivity contribution < 1.29 is 10.4 Å². The van der Waals surface area contributed by atoms with E-state index in [0.29, 0.717) is 24.5 Å². The zero-order valence-electron chi connectivity index (χ0n) is 13.7. The van der Waals surface area contributed by atoms with Gasteiger partial charge in [0.05, 0.1) is 34.5 Å². The van der Waals surface area contributed by atoms with Crippen LogP contribution in [-0.4, -0.2) is 46.0 Å². The summed E-state index contributed by atoms with van der Waals surface area (Å²) in [5.74, 6) is -0.262. The maximum Gasteiger partial charge on any atom is 0.0734 e. The summed E-state index contributed by atoms with van der Waals surface area (Å²) in [4.78, 5) is 0. The van der Waals surface area contributed by atoms with Crippen LogP contribution in [0.25, 0.3) is 0 Å². The molecule has 0 amide bonds. The predicted molar refractivity (Wildman–Crippen MR) is 83.1 cm³/mol. The van der Waals surface area contributed by atoms with Crippen LogP contribution in [0.15, 0.2) is 10.3 Å². The monoisotopic (exact) mass is 297 g/mol. The molecule has 0 aromatic rings. The van der Waals surface area contributed by atoms with Gasteiger partial charge in [0.1, 0.15) is 0 Å². The summed E-state index contributed by atoms with van der Waals surface area (Å²) < 4.78 is 0. The molecule has 0 aromatic heterocycles. The molecule has 4 N–H and O–H groups in total. The number of rotatable bonds is 8. The molecule has 21 heavy (non-hydrogen) atoms. The van der Waals surface area contributed by atoms with Gasteiger partial charge < -0.3 is 21.0 Å². The van der Waals surface area contributed by atoms with Crippen LogP contribution in [0.3, 0.4) is 0 Å². The van der Waals surface area contributed by atoms with Crippen molar-refractivity contribution in [2.24, 2.45) is 16.2 Å². The summed E-state index contributed by atoms with van der Waals surface area (Å²) in [7, 11) is 0. The van der Waals surface area contributed by atoms with E-state index in [1.165, 1.54) is 0 Å². The summed E-state index contributed by atoms with van der Waals surface area (Å²) in [6.07, 6.45) is 0. The highest BCUT2D eigenvalue weighted by Gasteiger charge is 2.25. The Bertz CT molecular complexity index is 401.